The average molecular weight is 274 g/mol. The number of carboxylic acid groups (broad SMARTS) is 1. The first-order valence-corrected chi connectivity index (χ1v) is 6.62. The van der Waals surface area contributed by atoms with Crippen LogP contribution in [0, 0.1) is 0 Å². The molecular formula is C15H18N2O3. The Bertz CT molecular complexity index is 536. The first kappa shape index (κ1) is 14.1. The lowest BCUT2D eigenvalue weighted by Gasteiger charge is -2.15. The standard InChI is InChI=1S/C15H18N2O3/c1-10(16-15(20)17-13-6-7-13)12-4-2-3-11(9-12)5-8-14(18)19/h2-5,8-10,13H,6-7H2,1H3,(H,18,19)(H2,16,17,20). The number of hydrogen-bond acceptors (Lipinski definition) is 2. The van der Waals surface area contributed by atoms with E-state index >= 15 is 0 Å². The first-order chi connectivity index (χ1) is 9.54. The molecule has 0 bridgehead atoms. The topological polar surface area (TPSA) is 78.4 Å². The lowest BCUT2D eigenvalue weighted by Crippen LogP contribution is -2.38. The van der Waals surface area contributed by atoms with Gasteiger partial charge in [0, 0.05) is 12.1 Å². The van der Waals surface area contributed by atoms with Crippen LogP contribution in [0.2, 0.25) is 0 Å². The predicted octanol–water partition coefficient (Wildman–Crippen LogP) is 2.31. The number of carboxylic acids is 1. The Morgan fingerprint density at radius 3 is 2.80 bits per heavy atom. The molecule has 0 radical (unpaired) electrons. The summed E-state index contributed by atoms with van der Waals surface area (Å²) in [4.78, 5) is 22.2. The molecule has 106 valence electrons. The summed E-state index contributed by atoms with van der Waals surface area (Å²) in [5.74, 6) is -0.981. The van der Waals surface area contributed by atoms with Gasteiger partial charge < -0.3 is 15.7 Å². The molecule has 1 unspecified atom stereocenters. The summed E-state index contributed by atoms with van der Waals surface area (Å²) in [6.07, 6.45) is 4.73. The van der Waals surface area contributed by atoms with Crippen molar-refractivity contribution in [3.63, 3.8) is 0 Å². The molecule has 20 heavy (non-hydrogen) atoms. The number of carbonyl (C=O) groups is 2. The molecule has 5 heteroatoms. The molecule has 1 aromatic rings. The minimum Gasteiger partial charge on any atom is -0.478 e. The zero-order valence-electron chi connectivity index (χ0n) is 11.3. The lowest BCUT2D eigenvalue weighted by molar-refractivity contribution is -0.131. The molecule has 3 N–H and O–H groups in total. The number of carbonyl (C=O) groups excluding carboxylic acids is 1. The summed E-state index contributed by atoms with van der Waals surface area (Å²) in [7, 11) is 0. The SMILES string of the molecule is CC(NC(=O)NC1CC1)c1cccc(C=CC(=O)O)c1. The van der Waals surface area contributed by atoms with E-state index in [0.29, 0.717) is 6.04 Å². The summed E-state index contributed by atoms with van der Waals surface area (Å²) in [6.45, 7) is 1.90. The minimum atomic E-state index is -0.981. The second-order valence-corrected chi connectivity index (χ2v) is 4.96. The molecule has 0 aromatic heterocycles. The highest BCUT2D eigenvalue weighted by Crippen LogP contribution is 2.19. The second-order valence-electron chi connectivity index (χ2n) is 4.96. The first-order valence-electron chi connectivity index (χ1n) is 6.62. The van der Waals surface area contributed by atoms with Crippen molar-refractivity contribution >= 4 is 18.1 Å². The number of nitrogens with one attached hydrogen (secondary N) is 2. The highest BCUT2D eigenvalue weighted by Gasteiger charge is 2.23. The summed E-state index contributed by atoms with van der Waals surface area (Å²) in [5.41, 5.74) is 1.73. The molecule has 5 nitrogen and oxygen atoms in total. The van der Waals surface area contributed by atoms with E-state index in [1.165, 1.54) is 6.08 Å². The van der Waals surface area contributed by atoms with E-state index in [1.807, 2.05) is 31.2 Å². The molecule has 1 fully saturated rings. The fourth-order valence-corrected chi connectivity index (χ4v) is 1.83. The number of rotatable bonds is 5. The fraction of sp³-hybridized carbons (Fsp3) is 0.333. The van der Waals surface area contributed by atoms with Crippen LogP contribution in [0.4, 0.5) is 4.79 Å². The summed E-state index contributed by atoms with van der Waals surface area (Å²) in [6, 6.07) is 7.46. The van der Waals surface area contributed by atoms with Crippen LogP contribution in [0.15, 0.2) is 30.3 Å². The molecular weight excluding hydrogens is 256 g/mol. The van der Waals surface area contributed by atoms with Crippen LogP contribution in [0.3, 0.4) is 0 Å². The average Bonchev–Trinajstić information content (AvgIpc) is 3.20. The van der Waals surface area contributed by atoms with Gasteiger partial charge in [0.15, 0.2) is 0 Å². The van der Waals surface area contributed by atoms with Crippen molar-refractivity contribution in [1.82, 2.24) is 10.6 Å². The monoisotopic (exact) mass is 274 g/mol. The second kappa shape index (κ2) is 6.23. The van der Waals surface area contributed by atoms with E-state index in [9.17, 15) is 9.59 Å². The molecule has 0 spiro atoms. The van der Waals surface area contributed by atoms with Crippen LogP contribution in [0.1, 0.15) is 36.9 Å². The van der Waals surface area contributed by atoms with Gasteiger partial charge in [-0.1, -0.05) is 18.2 Å². The Morgan fingerprint density at radius 2 is 2.15 bits per heavy atom. The molecule has 0 saturated heterocycles. The third-order valence-electron chi connectivity index (χ3n) is 3.09. The summed E-state index contributed by atoms with van der Waals surface area (Å²) < 4.78 is 0. The maximum Gasteiger partial charge on any atom is 0.328 e. The molecule has 2 rings (SSSR count). The molecule has 2 amide bonds. The predicted molar refractivity (Wildman–Crippen MR) is 76.2 cm³/mol. The highest BCUT2D eigenvalue weighted by atomic mass is 16.4. The van der Waals surface area contributed by atoms with Gasteiger partial charge >= 0.3 is 12.0 Å². The van der Waals surface area contributed by atoms with Gasteiger partial charge in [0.05, 0.1) is 6.04 Å². The Labute approximate surface area is 117 Å². The molecule has 1 aromatic carbocycles. The van der Waals surface area contributed by atoms with E-state index in [4.69, 9.17) is 5.11 Å². The van der Waals surface area contributed by atoms with Gasteiger partial charge in [-0.2, -0.15) is 0 Å². The third kappa shape index (κ3) is 4.42. The van der Waals surface area contributed by atoms with Gasteiger partial charge in [0.1, 0.15) is 0 Å². The van der Waals surface area contributed by atoms with Crippen molar-refractivity contribution in [3.05, 3.63) is 41.5 Å². The van der Waals surface area contributed by atoms with Crippen molar-refractivity contribution in [3.8, 4) is 0 Å². The van der Waals surface area contributed by atoms with Crippen molar-refractivity contribution in [2.45, 2.75) is 31.8 Å². The van der Waals surface area contributed by atoms with Crippen molar-refractivity contribution in [2.24, 2.45) is 0 Å². The van der Waals surface area contributed by atoms with Crippen LogP contribution < -0.4 is 10.6 Å². The lowest BCUT2D eigenvalue weighted by atomic mass is 10.0. The van der Waals surface area contributed by atoms with Crippen LogP contribution in [-0.4, -0.2) is 23.1 Å². The fourth-order valence-electron chi connectivity index (χ4n) is 1.83. The Hall–Kier alpha value is -2.30. The Morgan fingerprint density at radius 1 is 1.40 bits per heavy atom. The van der Waals surface area contributed by atoms with E-state index in [-0.39, 0.29) is 12.1 Å². The van der Waals surface area contributed by atoms with E-state index in [1.54, 1.807) is 0 Å². The number of urea groups is 1. The summed E-state index contributed by atoms with van der Waals surface area (Å²) >= 11 is 0. The zero-order valence-corrected chi connectivity index (χ0v) is 11.3. The van der Waals surface area contributed by atoms with Crippen molar-refractivity contribution < 1.29 is 14.7 Å². The number of hydrogen-bond donors (Lipinski definition) is 3. The number of amides is 2. The molecule has 1 aliphatic carbocycles. The maximum absolute atomic E-state index is 11.7. The van der Waals surface area contributed by atoms with Crippen LogP contribution >= 0.6 is 0 Å². The Kier molecular flexibility index (Phi) is 4.40. The van der Waals surface area contributed by atoms with E-state index < -0.39 is 5.97 Å². The molecule has 1 aliphatic rings. The number of benzene rings is 1. The Balaban J connectivity index is 1.97. The minimum absolute atomic E-state index is 0.132. The van der Waals surface area contributed by atoms with Crippen molar-refractivity contribution in [2.75, 3.05) is 0 Å². The van der Waals surface area contributed by atoms with Gasteiger partial charge in [-0.05, 0) is 43.0 Å². The van der Waals surface area contributed by atoms with Gasteiger partial charge in [-0.15, -0.1) is 0 Å². The van der Waals surface area contributed by atoms with E-state index in [2.05, 4.69) is 10.6 Å². The quantitative estimate of drug-likeness (QED) is 0.721. The largest absolute Gasteiger partial charge is 0.478 e. The smallest absolute Gasteiger partial charge is 0.328 e. The van der Waals surface area contributed by atoms with Crippen LogP contribution in [-0.2, 0) is 4.79 Å². The maximum atomic E-state index is 11.7. The van der Waals surface area contributed by atoms with Crippen LogP contribution in [0.25, 0.3) is 6.08 Å². The summed E-state index contributed by atoms with van der Waals surface area (Å²) in [5, 5.41) is 14.3. The molecule has 1 saturated carbocycles. The molecule has 0 heterocycles. The van der Waals surface area contributed by atoms with Crippen molar-refractivity contribution in [1.29, 1.82) is 0 Å². The van der Waals surface area contributed by atoms with Gasteiger partial charge in [-0.25, -0.2) is 9.59 Å². The third-order valence-corrected chi connectivity index (χ3v) is 3.09. The number of aliphatic carboxylic acids is 1. The van der Waals surface area contributed by atoms with Gasteiger partial charge in [-0.3, -0.25) is 0 Å². The van der Waals surface area contributed by atoms with E-state index in [0.717, 1.165) is 30.0 Å². The zero-order chi connectivity index (χ0) is 14.5. The van der Waals surface area contributed by atoms with Gasteiger partial charge in [0.2, 0.25) is 0 Å². The highest BCUT2D eigenvalue weighted by molar-refractivity contribution is 5.85. The van der Waals surface area contributed by atoms with Gasteiger partial charge in [0.25, 0.3) is 0 Å². The normalized spacial score (nSPS) is 15.8. The molecule has 0 aliphatic heterocycles. The van der Waals surface area contributed by atoms with Crippen LogP contribution in [0.5, 0.6) is 0 Å². The molecule has 1 atom stereocenters.